The normalized spacial score (nSPS) is 14.0. The molecular formula is C33H41N7O2. The van der Waals surface area contributed by atoms with Crippen LogP contribution in [-0.2, 0) is 19.9 Å². The molecule has 2 N–H and O–H groups in total. The maximum Gasteiger partial charge on any atom is 0.257 e. The van der Waals surface area contributed by atoms with Gasteiger partial charge in [0, 0.05) is 56.5 Å². The summed E-state index contributed by atoms with van der Waals surface area (Å²) in [6, 6.07) is 16.1. The van der Waals surface area contributed by atoms with Gasteiger partial charge in [0.25, 0.3) is 5.91 Å². The Kier molecular flexibility index (Phi) is 9.07. The van der Waals surface area contributed by atoms with Crippen LogP contribution in [0.15, 0.2) is 60.9 Å². The van der Waals surface area contributed by atoms with Crippen molar-refractivity contribution in [2.75, 3.05) is 55.9 Å². The van der Waals surface area contributed by atoms with E-state index in [0.29, 0.717) is 17.2 Å². The lowest BCUT2D eigenvalue weighted by atomic mass is 10.0. The van der Waals surface area contributed by atoms with Crippen molar-refractivity contribution in [3.05, 3.63) is 77.6 Å². The third-order valence-electron chi connectivity index (χ3n) is 7.94. The number of para-hydroxylation sites is 1. The van der Waals surface area contributed by atoms with Crippen molar-refractivity contribution in [2.24, 2.45) is 7.05 Å². The lowest BCUT2D eigenvalue weighted by Crippen LogP contribution is -2.28. The van der Waals surface area contributed by atoms with Crippen molar-refractivity contribution in [3.8, 4) is 17.1 Å². The summed E-state index contributed by atoms with van der Waals surface area (Å²) in [5.41, 5.74) is 7.21. The van der Waals surface area contributed by atoms with Crippen molar-refractivity contribution in [2.45, 2.75) is 33.1 Å². The summed E-state index contributed by atoms with van der Waals surface area (Å²) >= 11 is 0. The molecule has 220 valence electrons. The number of hydrogen-bond acceptors (Lipinski definition) is 7. The maximum absolute atomic E-state index is 13.3. The second kappa shape index (κ2) is 13.1. The molecule has 4 aromatic rings. The number of anilines is 4. The van der Waals surface area contributed by atoms with Gasteiger partial charge in [0.1, 0.15) is 5.75 Å². The second-order valence-electron chi connectivity index (χ2n) is 10.8. The number of aromatic nitrogens is 3. The molecule has 2 aromatic heterocycles. The summed E-state index contributed by atoms with van der Waals surface area (Å²) in [7, 11) is 5.77. The molecule has 3 heterocycles. The second-order valence-corrected chi connectivity index (χ2v) is 10.8. The van der Waals surface area contributed by atoms with E-state index in [-0.39, 0.29) is 5.91 Å². The molecule has 0 bridgehead atoms. The first-order chi connectivity index (χ1) is 20.4. The minimum Gasteiger partial charge on any atom is -0.494 e. The Morgan fingerprint density at radius 1 is 0.976 bits per heavy atom. The first-order valence-electron chi connectivity index (χ1n) is 14.7. The first-order valence-corrected chi connectivity index (χ1v) is 14.7. The van der Waals surface area contributed by atoms with E-state index in [0.717, 1.165) is 85.1 Å². The lowest BCUT2D eigenvalue weighted by molar-refractivity contribution is 0.102. The van der Waals surface area contributed by atoms with Crippen LogP contribution in [0.1, 0.15) is 41.8 Å². The smallest absolute Gasteiger partial charge is 0.257 e. The van der Waals surface area contributed by atoms with Crippen LogP contribution in [0.3, 0.4) is 0 Å². The van der Waals surface area contributed by atoms with E-state index in [2.05, 4.69) is 70.6 Å². The minimum absolute atomic E-state index is 0.138. The number of aryl methyl sites for hydroxylation is 3. The highest BCUT2D eigenvalue weighted by molar-refractivity contribution is 6.05. The van der Waals surface area contributed by atoms with Crippen LogP contribution in [0, 0.1) is 0 Å². The van der Waals surface area contributed by atoms with Crippen LogP contribution in [0.4, 0.5) is 23.0 Å². The van der Waals surface area contributed by atoms with Gasteiger partial charge in [-0.2, -0.15) is 0 Å². The van der Waals surface area contributed by atoms with Crippen LogP contribution < -0.4 is 20.3 Å². The Morgan fingerprint density at radius 3 is 2.50 bits per heavy atom. The van der Waals surface area contributed by atoms with Gasteiger partial charge < -0.3 is 29.7 Å². The van der Waals surface area contributed by atoms with E-state index in [4.69, 9.17) is 9.72 Å². The molecule has 1 aliphatic rings. The van der Waals surface area contributed by atoms with Gasteiger partial charge in [0.2, 0.25) is 5.95 Å². The molecule has 0 unspecified atom stereocenters. The Bertz CT molecular complexity index is 1530. The molecule has 0 atom stereocenters. The van der Waals surface area contributed by atoms with Crippen LogP contribution >= 0.6 is 0 Å². The Morgan fingerprint density at radius 2 is 1.76 bits per heavy atom. The largest absolute Gasteiger partial charge is 0.494 e. The topological polar surface area (TPSA) is 87.6 Å². The molecule has 1 amide bonds. The predicted octanol–water partition coefficient (Wildman–Crippen LogP) is 5.75. The zero-order valence-corrected chi connectivity index (χ0v) is 25.3. The van der Waals surface area contributed by atoms with Crippen molar-refractivity contribution in [1.82, 2.24) is 19.4 Å². The molecule has 0 aliphatic carbocycles. The number of amides is 1. The SMILES string of the molecule is CCc1cccc(CC)c1NC(=O)c1cc(-c2ccnc(Nc3ccc(N4CCCN(C)CC4)cc3OC)n2)n(C)c1. The average molecular weight is 568 g/mol. The number of rotatable bonds is 9. The predicted molar refractivity (Wildman–Crippen MR) is 170 cm³/mol. The van der Waals surface area contributed by atoms with Gasteiger partial charge in [-0.3, -0.25) is 4.79 Å². The van der Waals surface area contributed by atoms with Gasteiger partial charge in [-0.1, -0.05) is 32.0 Å². The molecule has 0 saturated carbocycles. The van der Waals surface area contributed by atoms with Crippen LogP contribution in [-0.4, -0.2) is 65.7 Å². The summed E-state index contributed by atoms with van der Waals surface area (Å²) in [4.78, 5) is 27.3. The molecule has 2 aromatic carbocycles. The standard InChI is InChI=1S/C33H41N7O2/c1-6-23-10-8-11-24(7-2)31(23)37-32(41)25-20-29(39(4)22-25)27-14-15-34-33(35-27)36-28-13-12-26(21-30(28)42-5)40-17-9-16-38(3)18-19-40/h8,10-15,20-22H,6-7,9,16-19H2,1-5H3,(H,37,41)(H,34,35,36). The Hall–Kier alpha value is -4.37. The van der Waals surface area contributed by atoms with Crippen molar-refractivity contribution in [3.63, 3.8) is 0 Å². The fourth-order valence-electron chi connectivity index (χ4n) is 5.50. The molecule has 1 saturated heterocycles. The molecule has 1 aliphatic heterocycles. The summed E-state index contributed by atoms with van der Waals surface area (Å²) < 4.78 is 7.66. The fourth-order valence-corrected chi connectivity index (χ4v) is 5.50. The summed E-state index contributed by atoms with van der Waals surface area (Å²) in [6.45, 7) is 8.36. The summed E-state index contributed by atoms with van der Waals surface area (Å²) in [5, 5.41) is 6.49. The molecule has 0 spiro atoms. The zero-order valence-electron chi connectivity index (χ0n) is 25.3. The number of carbonyl (C=O) groups is 1. The average Bonchev–Trinajstić information content (AvgIpc) is 3.27. The highest BCUT2D eigenvalue weighted by Gasteiger charge is 2.18. The van der Waals surface area contributed by atoms with Gasteiger partial charge in [0.05, 0.1) is 29.7 Å². The van der Waals surface area contributed by atoms with E-state index in [9.17, 15) is 4.79 Å². The van der Waals surface area contributed by atoms with E-state index in [1.165, 1.54) is 0 Å². The molecule has 9 nitrogen and oxygen atoms in total. The number of methoxy groups -OCH3 is 1. The Balaban J connectivity index is 1.34. The monoisotopic (exact) mass is 567 g/mol. The number of carbonyl (C=O) groups excluding carboxylic acids is 1. The molecule has 9 heteroatoms. The summed E-state index contributed by atoms with van der Waals surface area (Å²) in [5.74, 6) is 1.04. The van der Waals surface area contributed by atoms with Gasteiger partial charge in [-0.15, -0.1) is 0 Å². The summed E-state index contributed by atoms with van der Waals surface area (Å²) in [6.07, 6.45) is 6.39. The van der Waals surface area contributed by atoms with Crippen molar-refractivity contribution >= 4 is 28.9 Å². The number of ether oxygens (including phenoxy) is 1. The fraction of sp³-hybridized carbons (Fsp3) is 0.364. The molecule has 0 radical (unpaired) electrons. The van der Waals surface area contributed by atoms with Crippen LogP contribution in [0.5, 0.6) is 5.75 Å². The maximum atomic E-state index is 13.3. The lowest BCUT2D eigenvalue weighted by Gasteiger charge is -2.24. The van der Waals surface area contributed by atoms with E-state index in [1.54, 1.807) is 13.3 Å². The van der Waals surface area contributed by atoms with E-state index < -0.39 is 0 Å². The Labute approximate surface area is 248 Å². The first kappa shape index (κ1) is 29.1. The minimum atomic E-state index is -0.138. The molecule has 42 heavy (non-hydrogen) atoms. The van der Waals surface area contributed by atoms with Crippen molar-refractivity contribution < 1.29 is 9.53 Å². The highest BCUT2D eigenvalue weighted by atomic mass is 16.5. The van der Waals surface area contributed by atoms with Gasteiger partial charge in [0.15, 0.2) is 0 Å². The van der Waals surface area contributed by atoms with Gasteiger partial charge in [-0.25, -0.2) is 9.97 Å². The van der Waals surface area contributed by atoms with Gasteiger partial charge in [-0.05, 0) is 68.2 Å². The van der Waals surface area contributed by atoms with E-state index in [1.807, 2.05) is 42.1 Å². The third-order valence-corrected chi connectivity index (χ3v) is 7.94. The van der Waals surface area contributed by atoms with Crippen LogP contribution in [0.2, 0.25) is 0 Å². The zero-order chi connectivity index (χ0) is 29.6. The van der Waals surface area contributed by atoms with E-state index >= 15 is 0 Å². The number of nitrogens with one attached hydrogen (secondary N) is 2. The number of benzene rings is 2. The number of nitrogens with zero attached hydrogens (tertiary/aromatic N) is 5. The quantitative estimate of drug-likeness (QED) is 0.266. The number of likely N-dealkylation sites (N-methyl/N-ethyl adjacent to an activating group) is 1. The van der Waals surface area contributed by atoms with Crippen molar-refractivity contribution in [1.29, 1.82) is 0 Å². The van der Waals surface area contributed by atoms with Gasteiger partial charge >= 0.3 is 0 Å². The number of hydrogen-bond donors (Lipinski definition) is 2. The molecular weight excluding hydrogens is 526 g/mol. The third kappa shape index (κ3) is 6.41. The molecule has 5 rings (SSSR count). The highest BCUT2D eigenvalue weighted by Crippen LogP contribution is 2.32. The van der Waals surface area contributed by atoms with Crippen LogP contribution in [0.25, 0.3) is 11.4 Å². The molecule has 1 fully saturated rings.